The molecule has 0 spiro atoms. The van der Waals surface area contributed by atoms with Gasteiger partial charge in [-0.05, 0) is 45.1 Å². The number of rotatable bonds is 7. The van der Waals surface area contributed by atoms with Crippen LogP contribution in [0.2, 0.25) is 0 Å². The van der Waals surface area contributed by atoms with Crippen molar-refractivity contribution in [2.24, 2.45) is 5.92 Å². The zero-order valence-corrected chi connectivity index (χ0v) is 14.4. The highest BCUT2D eigenvalue weighted by molar-refractivity contribution is 5.85. The van der Waals surface area contributed by atoms with Crippen molar-refractivity contribution in [2.75, 3.05) is 40.3 Å². The van der Waals surface area contributed by atoms with Gasteiger partial charge in [0.2, 0.25) is 5.91 Å². The molecule has 2 rings (SSSR count). The van der Waals surface area contributed by atoms with Crippen LogP contribution in [0.3, 0.4) is 0 Å². The first-order valence-corrected chi connectivity index (χ1v) is 7.82. The van der Waals surface area contributed by atoms with Crippen molar-refractivity contribution >= 4 is 18.3 Å². The van der Waals surface area contributed by atoms with Crippen LogP contribution in [0.1, 0.15) is 18.4 Å². The van der Waals surface area contributed by atoms with Crippen molar-refractivity contribution in [2.45, 2.75) is 19.4 Å². The Morgan fingerprint density at radius 1 is 1.23 bits per heavy atom. The van der Waals surface area contributed by atoms with Gasteiger partial charge in [-0.3, -0.25) is 4.79 Å². The van der Waals surface area contributed by atoms with Gasteiger partial charge >= 0.3 is 0 Å². The number of hydrogen-bond donors (Lipinski definition) is 1. The maximum absolute atomic E-state index is 12.6. The lowest BCUT2D eigenvalue weighted by Crippen LogP contribution is -2.37. The standard InChI is InChI=1S/C17H27N3O.ClH/c1-19(2)10-11-20(14-15-6-4-3-5-7-15)17(21)12-16-8-9-18-13-16;/h3-7,16,18H,8-14H2,1-2H3;1H. The van der Waals surface area contributed by atoms with Gasteiger partial charge in [0, 0.05) is 26.1 Å². The fraction of sp³-hybridized carbons (Fsp3) is 0.588. The summed E-state index contributed by atoms with van der Waals surface area (Å²) in [5.41, 5.74) is 1.20. The highest BCUT2D eigenvalue weighted by Gasteiger charge is 2.22. The Labute approximate surface area is 140 Å². The first-order valence-electron chi connectivity index (χ1n) is 7.82. The molecule has 1 unspecified atom stereocenters. The van der Waals surface area contributed by atoms with E-state index in [9.17, 15) is 4.79 Å². The van der Waals surface area contributed by atoms with E-state index in [2.05, 4.69) is 22.3 Å². The van der Waals surface area contributed by atoms with E-state index in [0.717, 1.165) is 32.6 Å². The molecule has 0 aromatic heterocycles. The molecule has 0 saturated carbocycles. The van der Waals surface area contributed by atoms with Crippen LogP contribution in [0, 0.1) is 5.92 Å². The minimum absolute atomic E-state index is 0. The van der Waals surface area contributed by atoms with Crippen molar-refractivity contribution in [1.29, 1.82) is 0 Å². The molecule has 4 nitrogen and oxygen atoms in total. The number of benzene rings is 1. The fourth-order valence-electron chi connectivity index (χ4n) is 2.68. The lowest BCUT2D eigenvalue weighted by atomic mass is 10.0. The smallest absolute Gasteiger partial charge is 0.223 e. The third kappa shape index (κ3) is 6.34. The summed E-state index contributed by atoms with van der Waals surface area (Å²) in [6.45, 7) is 4.45. The Kier molecular flexibility index (Phi) is 8.46. The second kappa shape index (κ2) is 9.82. The molecule has 124 valence electrons. The number of likely N-dealkylation sites (N-methyl/N-ethyl adjacent to an activating group) is 1. The molecule has 1 aromatic carbocycles. The van der Waals surface area contributed by atoms with Crippen molar-refractivity contribution in [3.05, 3.63) is 35.9 Å². The van der Waals surface area contributed by atoms with E-state index in [0.29, 0.717) is 18.9 Å². The SMILES string of the molecule is CN(C)CCN(Cc1ccccc1)C(=O)CC1CCNC1.Cl. The Bertz CT molecular complexity index is 433. The van der Waals surface area contributed by atoms with Gasteiger partial charge in [0.1, 0.15) is 0 Å². The molecular weight excluding hydrogens is 298 g/mol. The predicted molar refractivity (Wildman–Crippen MR) is 93.3 cm³/mol. The number of amides is 1. The largest absolute Gasteiger partial charge is 0.337 e. The normalized spacial score (nSPS) is 17.3. The van der Waals surface area contributed by atoms with Crippen molar-refractivity contribution in [3.8, 4) is 0 Å². The van der Waals surface area contributed by atoms with E-state index >= 15 is 0 Å². The summed E-state index contributed by atoms with van der Waals surface area (Å²) in [5.74, 6) is 0.796. The minimum atomic E-state index is 0. The van der Waals surface area contributed by atoms with Crippen LogP contribution in [-0.4, -0.2) is 56.0 Å². The number of hydrogen-bond acceptors (Lipinski definition) is 3. The van der Waals surface area contributed by atoms with Gasteiger partial charge in [0.05, 0.1) is 0 Å². The van der Waals surface area contributed by atoms with E-state index in [1.165, 1.54) is 5.56 Å². The molecule has 5 heteroatoms. The fourth-order valence-corrected chi connectivity index (χ4v) is 2.68. The quantitative estimate of drug-likeness (QED) is 0.833. The first-order chi connectivity index (χ1) is 10.1. The summed E-state index contributed by atoms with van der Waals surface area (Å²) in [6.07, 6.45) is 1.80. The van der Waals surface area contributed by atoms with Crippen LogP contribution in [-0.2, 0) is 11.3 Å². The van der Waals surface area contributed by atoms with Gasteiger partial charge in [-0.1, -0.05) is 30.3 Å². The van der Waals surface area contributed by atoms with Crippen LogP contribution in [0.15, 0.2) is 30.3 Å². The number of nitrogens with zero attached hydrogens (tertiary/aromatic N) is 2. The van der Waals surface area contributed by atoms with Crippen LogP contribution in [0.5, 0.6) is 0 Å². The Balaban J connectivity index is 0.00000242. The summed E-state index contributed by atoms with van der Waals surface area (Å²) in [4.78, 5) is 16.7. The van der Waals surface area contributed by atoms with Crippen LogP contribution in [0.4, 0.5) is 0 Å². The number of carbonyl (C=O) groups is 1. The van der Waals surface area contributed by atoms with Gasteiger partial charge in [-0.15, -0.1) is 12.4 Å². The lowest BCUT2D eigenvalue weighted by molar-refractivity contribution is -0.132. The molecule has 1 amide bonds. The minimum Gasteiger partial charge on any atom is -0.337 e. The van der Waals surface area contributed by atoms with Gasteiger partial charge in [0.25, 0.3) is 0 Å². The molecule has 1 aliphatic heterocycles. The topological polar surface area (TPSA) is 35.6 Å². The maximum Gasteiger partial charge on any atom is 0.223 e. The summed E-state index contributed by atoms with van der Waals surface area (Å²) in [7, 11) is 4.10. The molecular formula is C17H28ClN3O. The summed E-state index contributed by atoms with van der Waals surface area (Å²) >= 11 is 0. The van der Waals surface area contributed by atoms with E-state index < -0.39 is 0 Å². The first kappa shape index (κ1) is 18.9. The molecule has 1 atom stereocenters. The second-order valence-electron chi connectivity index (χ2n) is 6.17. The van der Waals surface area contributed by atoms with Gasteiger partial charge in [-0.2, -0.15) is 0 Å². The van der Waals surface area contributed by atoms with E-state index in [1.807, 2.05) is 37.2 Å². The lowest BCUT2D eigenvalue weighted by Gasteiger charge is -2.25. The molecule has 1 aromatic rings. The zero-order valence-electron chi connectivity index (χ0n) is 13.6. The highest BCUT2D eigenvalue weighted by atomic mass is 35.5. The molecule has 1 saturated heterocycles. The van der Waals surface area contributed by atoms with Crippen molar-refractivity contribution < 1.29 is 4.79 Å². The summed E-state index contributed by atoms with van der Waals surface area (Å²) in [6, 6.07) is 10.3. The number of carbonyl (C=O) groups excluding carboxylic acids is 1. The third-order valence-electron chi connectivity index (χ3n) is 4.01. The van der Waals surface area contributed by atoms with Crippen LogP contribution < -0.4 is 5.32 Å². The average Bonchev–Trinajstić information content (AvgIpc) is 2.97. The zero-order chi connectivity index (χ0) is 15.1. The van der Waals surface area contributed by atoms with Gasteiger partial charge in [-0.25, -0.2) is 0 Å². The van der Waals surface area contributed by atoms with E-state index in [-0.39, 0.29) is 18.3 Å². The second-order valence-corrected chi connectivity index (χ2v) is 6.17. The molecule has 22 heavy (non-hydrogen) atoms. The monoisotopic (exact) mass is 325 g/mol. The Morgan fingerprint density at radius 3 is 2.55 bits per heavy atom. The van der Waals surface area contributed by atoms with Gasteiger partial charge < -0.3 is 15.1 Å². The summed E-state index contributed by atoms with van der Waals surface area (Å²) in [5, 5.41) is 3.34. The third-order valence-corrected chi connectivity index (χ3v) is 4.01. The molecule has 1 heterocycles. The molecule has 0 bridgehead atoms. The molecule has 1 fully saturated rings. The number of nitrogens with one attached hydrogen (secondary N) is 1. The van der Waals surface area contributed by atoms with E-state index in [1.54, 1.807) is 0 Å². The average molecular weight is 326 g/mol. The molecule has 0 radical (unpaired) electrons. The Hall–Kier alpha value is -1.10. The molecule has 1 aliphatic rings. The maximum atomic E-state index is 12.6. The molecule has 1 N–H and O–H groups in total. The predicted octanol–water partition coefficient (Wildman–Crippen LogP) is 2.00. The van der Waals surface area contributed by atoms with Crippen molar-refractivity contribution in [1.82, 2.24) is 15.1 Å². The van der Waals surface area contributed by atoms with Crippen molar-refractivity contribution in [3.63, 3.8) is 0 Å². The van der Waals surface area contributed by atoms with Gasteiger partial charge in [0.15, 0.2) is 0 Å². The highest BCUT2D eigenvalue weighted by Crippen LogP contribution is 2.15. The number of halogens is 1. The van der Waals surface area contributed by atoms with Crippen LogP contribution >= 0.6 is 12.4 Å². The molecule has 0 aliphatic carbocycles. The summed E-state index contributed by atoms with van der Waals surface area (Å²) < 4.78 is 0. The Morgan fingerprint density at radius 2 is 1.95 bits per heavy atom. The van der Waals surface area contributed by atoms with Crippen LogP contribution in [0.25, 0.3) is 0 Å². The van der Waals surface area contributed by atoms with E-state index in [4.69, 9.17) is 0 Å².